The highest BCUT2D eigenvalue weighted by Crippen LogP contribution is 2.40. The largest absolute Gasteiger partial charge is 0.496 e. The van der Waals surface area contributed by atoms with Gasteiger partial charge in [-0.25, -0.2) is 0 Å². The second kappa shape index (κ2) is 5.40. The number of carbonyl (C=O) groups is 1. The van der Waals surface area contributed by atoms with Gasteiger partial charge in [-0.1, -0.05) is 11.6 Å². The minimum Gasteiger partial charge on any atom is -0.496 e. The molecular formula is C11H10ClF3O2. The lowest BCUT2D eigenvalue weighted by molar-refractivity contribution is -0.138. The molecule has 17 heavy (non-hydrogen) atoms. The van der Waals surface area contributed by atoms with Crippen molar-refractivity contribution in [1.82, 2.24) is 0 Å². The second-order valence-corrected chi connectivity index (χ2v) is 3.79. The second-order valence-electron chi connectivity index (χ2n) is 3.35. The molecule has 2 nitrogen and oxygen atoms in total. The van der Waals surface area contributed by atoms with Crippen LogP contribution in [0.5, 0.6) is 5.75 Å². The minimum atomic E-state index is -4.54. The van der Waals surface area contributed by atoms with E-state index in [1.807, 2.05) is 0 Å². The molecule has 94 valence electrons. The summed E-state index contributed by atoms with van der Waals surface area (Å²) in [6.07, 6.45) is -3.62. The maximum absolute atomic E-state index is 12.7. The van der Waals surface area contributed by atoms with Crippen molar-refractivity contribution in [3.05, 3.63) is 28.3 Å². The molecule has 0 N–H and O–H groups in total. The first-order valence-electron chi connectivity index (χ1n) is 4.77. The van der Waals surface area contributed by atoms with E-state index >= 15 is 0 Å². The number of rotatable bonds is 4. The molecule has 0 amide bonds. The van der Waals surface area contributed by atoms with Crippen LogP contribution in [-0.2, 0) is 17.4 Å². The fourth-order valence-corrected chi connectivity index (χ4v) is 1.74. The number of ether oxygens (including phenoxy) is 1. The van der Waals surface area contributed by atoms with Crippen LogP contribution in [0.4, 0.5) is 13.2 Å². The molecule has 1 aromatic carbocycles. The van der Waals surface area contributed by atoms with Gasteiger partial charge in [-0.15, -0.1) is 0 Å². The molecule has 0 bridgehead atoms. The molecule has 0 unspecified atom stereocenters. The predicted molar refractivity (Wildman–Crippen MR) is 57.4 cm³/mol. The Morgan fingerprint density at radius 3 is 2.53 bits per heavy atom. The zero-order valence-corrected chi connectivity index (χ0v) is 9.73. The maximum atomic E-state index is 12.7. The first kappa shape index (κ1) is 13.8. The SMILES string of the molecule is COc1c(CCC=O)cc(Cl)cc1C(F)(F)F. The standard InChI is InChI=1S/C11H10ClF3O2/c1-17-10-7(3-2-4-16)5-8(12)6-9(10)11(13,14)15/h4-6H,2-3H2,1H3. The van der Waals surface area contributed by atoms with Crippen molar-refractivity contribution in [1.29, 1.82) is 0 Å². The zero-order valence-electron chi connectivity index (χ0n) is 8.97. The Balaban J connectivity index is 3.30. The molecule has 6 heteroatoms. The van der Waals surface area contributed by atoms with Gasteiger partial charge in [0.25, 0.3) is 0 Å². The normalized spacial score (nSPS) is 11.4. The van der Waals surface area contributed by atoms with E-state index in [0.29, 0.717) is 6.29 Å². The number of hydrogen-bond donors (Lipinski definition) is 0. The molecule has 0 heterocycles. The number of methoxy groups -OCH3 is 1. The van der Waals surface area contributed by atoms with Gasteiger partial charge in [0, 0.05) is 11.4 Å². The summed E-state index contributed by atoms with van der Waals surface area (Å²) in [7, 11) is 1.16. The third kappa shape index (κ3) is 3.36. The molecule has 0 aliphatic rings. The van der Waals surface area contributed by atoms with Crippen LogP contribution >= 0.6 is 11.6 Å². The molecule has 1 aromatic rings. The summed E-state index contributed by atoms with van der Waals surface area (Å²) < 4.78 is 42.9. The van der Waals surface area contributed by atoms with Crippen LogP contribution in [0.15, 0.2) is 12.1 Å². The molecule has 0 saturated carbocycles. The quantitative estimate of drug-likeness (QED) is 0.780. The van der Waals surface area contributed by atoms with Crippen molar-refractivity contribution in [3.8, 4) is 5.75 Å². The van der Waals surface area contributed by atoms with Gasteiger partial charge in [0.05, 0.1) is 12.7 Å². The Bertz CT molecular complexity index is 416. The minimum absolute atomic E-state index is 0.0287. The van der Waals surface area contributed by atoms with E-state index < -0.39 is 11.7 Å². The fraction of sp³-hybridized carbons (Fsp3) is 0.364. The molecule has 0 radical (unpaired) electrons. The van der Waals surface area contributed by atoms with E-state index in [-0.39, 0.29) is 29.2 Å². The summed E-state index contributed by atoms with van der Waals surface area (Å²) in [5.74, 6) is -0.274. The third-order valence-electron chi connectivity index (χ3n) is 2.17. The summed E-state index contributed by atoms with van der Waals surface area (Å²) in [5, 5.41) is -0.0287. The van der Waals surface area contributed by atoms with Crippen LogP contribution in [-0.4, -0.2) is 13.4 Å². The Morgan fingerprint density at radius 1 is 1.41 bits per heavy atom. The summed E-state index contributed by atoms with van der Waals surface area (Å²) in [6.45, 7) is 0. The monoisotopic (exact) mass is 266 g/mol. The molecular weight excluding hydrogens is 257 g/mol. The highest BCUT2D eigenvalue weighted by Gasteiger charge is 2.35. The van der Waals surface area contributed by atoms with Gasteiger partial charge in [0.2, 0.25) is 0 Å². The lowest BCUT2D eigenvalue weighted by Gasteiger charge is -2.16. The summed E-state index contributed by atoms with van der Waals surface area (Å²) >= 11 is 5.62. The molecule has 1 rings (SSSR count). The summed E-state index contributed by atoms with van der Waals surface area (Å²) in [6, 6.07) is 2.18. The van der Waals surface area contributed by atoms with Crippen LogP contribution in [0.3, 0.4) is 0 Å². The van der Waals surface area contributed by atoms with Gasteiger partial charge >= 0.3 is 6.18 Å². The van der Waals surface area contributed by atoms with E-state index in [9.17, 15) is 18.0 Å². The zero-order chi connectivity index (χ0) is 13.1. The average molecular weight is 267 g/mol. The van der Waals surface area contributed by atoms with Gasteiger partial charge < -0.3 is 9.53 Å². The number of hydrogen-bond acceptors (Lipinski definition) is 2. The summed E-state index contributed by atoms with van der Waals surface area (Å²) in [5.41, 5.74) is -0.646. The molecule has 0 spiro atoms. The van der Waals surface area contributed by atoms with Crippen LogP contribution < -0.4 is 4.74 Å². The van der Waals surface area contributed by atoms with Crippen molar-refractivity contribution in [2.75, 3.05) is 7.11 Å². The lowest BCUT2D eigenvalue weighted by Crippen LogP contribution is -2.09. The first-order valence-corrected chi connectivity index (χ1v) is 5.15. The Labute approximate surface area is 101 Å². The number of aryl methyl sites for hydroxylation is 1. The molecule has 0 aliphatic carbocycles. The van der Waals surface area contributed by atoms with Gasteiger partial charge in [-0.2, -0.15) is 13.2 Å². The average Bonchev–Trinajstić information content (AvgIpc) is 2.24. The van der Waals surface area contributed by atoms with E-state index in [2.05, 4.69) is 0 Å². The van der Waals surface area contributed by atoms with Gasteiger partial charge in [0.1, 0.15) is 12.0 Å². The van der Waals surface area contributed by atoms with E-state index in [1.165, 1.54) is 6.07 Å². The summed E-state index contributed by atoms with van der Waals surface area (Å²) in [4.78, 5) is 10.2. The Kier molecular flexibility index (Phi) is 4.40. The molecule has 0 saturated heterocycles. The molecule has 0 fully saturated rings. The van der Waals surface area contributed by atoms with E-state index in [4.69, 9.17) is 16.3 Å². The van der Waals surface area contributed by atoms with Crippen molar-refractivity contribution < 1.29 is 22.7 Å². The number of alkyl halides is 3. The highest BCUT2D eigenvalue weighted by atomic mass is 35.5. The number of benzene rings is 1. The fourth-order valence-electron chi connectivity index (χ4n) is 1.50. The molecule has 0 aliphatic heterocycles. The number of aldehydes is 1. The van der Waals surface area contributed by atoms with Gasteiger partial charge in [0.15, 0.2) is 0 Å². The molecule has 0 aromatic heterocycles. The van der Waals surface area contributed by atoms with Crippen molar-refractivity contribution >= 4 is 17.9 Å². The highest BCUT2D eigenvalue weighted by molar-refractivity contribution is 6.30. The smallest absolute Gasteiger partial charge is 0.420 e. The van der Waals surface area contributed by atoms with Crippen LogP contribution in [0.1, 0.15) is 17.5 Å². The number of carbonyl (C=O) groups excluding carboxylic acids is 1. The van der Waals surface area contributed by atoms with Crippen LogP contribution in [0, 0.1) is 0 Å². The molecule has 0 atom stereocenters. The Hall–Kier alpha value is -1.23. The maximum Gasteiger partial charge on any atom is 0.420 e. The van der Waals surface area contributed by atoms with Crippen LogP contribution in [0.25, 0.3) is 0 Å². The number of halogens is 4. The van der Waals surface area contributed by atoms with E-state index in [1.54, 1.807) is 0 Å². The van der Waals surface area contributed by atoms with Crippen molar-refractivity contribution in [3.63, 3.8) is 0 Å². The predicted octanol–water partition coefficient (Wildman–Crippen LogP) is 3.50. The van der Waals surface area contributed by atoms with Gasteiger partial charge in [-0.05, 0) is 24.1 Å². The third-order valence-corrected chi connectivity index (χ3v) is 2.39. The Morgan fingerprint density at radius 2 is 2.06 bits per heavy atom. The van der Waals surface area contributed by atoms with Crippen molar-refractivity contribution in [2.45, 2.75) is 19.0 Å². The van der Waals surface area contributed by atoms with Gasteiger partial charge in [-0.3, -0.25) is 0 Å². The van der Waals surface area contributed by atoms with E-state index in [0.717, 1.165) is 13.2 Å². The lowest BCUT2D eigenvalue weighted by atomic mass is 10.0. The van der Waals surface area contributed by atoms with Crippen molar-refractivity contribution in [2.24, 2.45) is 0 Å². The topological polar surface area (TPSA) is 26.3 Å². The first-order chi connectivity index (χ1) is 7.90. The van der Waals surface area contributed by atoms with Crippen LogP contribution in [0.2, 0.25) is 5.02 Å².